The first-order valence-corrected chi connectivity index (χ1v) is 12.6. The van der Waals surface area contributed by atoms with Crippen LogP contribution in [0.1, 0.15) is 47.7 Å². The van der Waals surface area contributed by atoms with Crippen LogP contribution in [-0.2, 0) is 9.59 Å². The summed E-state index contributed by atoms with van der Waals surface area (Å²) in [4.78, 5) is 30.8. The largest absolute Gasteiger partial charge is 0.507 e. The van der Waals surface area contributed by atoms with Gasteiger partial charge in [-0.05, 0) is 87.2 Å². The number of benzene rings is 3. The Morgan fingerprint density at radius 3 is 2.22 bits per heavy atom. The Labute approximate surface area is 218 Å². The van der Waals surface area contributed by atoms with Crippen molar-refractivity contribution >= 4 is 28.8 Å². The van der Waals surface area contributed by atoms with Crippen LogP contribution in [0.15, 0.2) is 66.2 Å². The number of Topliss-reactive ketones (excluding diaryl/α,β-unsaturated/α-hetero) is 1. The summed E-state index contributed by atoms with van der Waals surface area (Å²) in [5.41, 5.74) is 5.54. The average Bonchev–Trinajstić information content (AvgIpc) is 3.14. The summed E-state index contributed by atoms with van der Waals surface area (Å²) in [5, 5.41) is 11.6. The number of amides is 1. The molecule has 0 spiro atoms. The van der Waals surface area contributed by atoms with Gasteiger partial charge in [0, 0.05) is 24.5 Å². The molecule has 1 heterocycles. The molecule has 6 heteroatoms. The lowest BCUT2D eigenvalue weighted by molar-refractivity contribution is -0.132. The molecule has 192 valence electrons. The van der Waals surface area contributed by atoms with Gasteiger partial charge in [-0.2, -0.15) is 0 Å². The summed E-state index contributed by atoms with van der Waals surface area (Å²) in [6.07, 6.45) is 0. The van der Waals surface area contributed by atoms with Crippen LogP contribution in [0.3, 0.4) is 0 Å². The van der Waals surface area contributed by atoms with Crippen molar-refractivity contribution < 1.29 is 19.4 Å². The van der Waals surface area contributed by atoms with Crippen LogP contribution in [0.5, 0.6) is 5.75 Å². The fourth-order valence-electron chi connectivity index (χ4n) is 5.19. The average molecular weight is 499 g/mol. The fraction of sp³-hybridized carbons (Fsp3) is 0.290. The summed E-state index contributed by atoms with van der Waals surface area (Å²) in [6.45, 7) is 11.7. The van der Waals surface area contributed by atoms with Crippen LogP contribution in [0.25, 0.3) is 5.76 Å². The van der Waals surface area contributed by atoms with Crippen LogP contribution in [0, 0.1) is 20.8 Å². The molecular formula is C31H34N2O4. The molecule has 6 nitrogen and oxygen atoms in total. The molecule has 0 radical (unpaired) electrons. The van der Waals surface area contributed by atoms with Crippen molar-refractivity contribution in [3.05, 3.63) is 94.1 Å². The molecule has 1 N–H and O–H groups in total. The number of anilines is 2. The number of carbonyl (C=O) groups excluding carboxylic acids is 2. The van der Waals surface area contributed by atoms with Gasteiger partial charge in [-0.1, -0.05) is 30.3 Å². The second-order valence-electron chi connectivity index (χ2n) is 9.43. The topological polar surface area (TPSA) is 70.1 Å². The van der Waals surface area contributed by atoms with E-state index in [0.717, 1.165) is 41.0 Å². The van der Waals surface area contributed by atoms with E-state index in [0.29, 0.717) is 17.0 Å². The maximum Gasteiger partial charge on any atom is 0.300 e. The second kappa shape index (κ2) is 10.5. The summed E-state index contributed by atoms with van der Waals surface area (Å²) < 4.78 is 5.60. The molecule has 37 heavy (non-hydrogen) atoms. The van der Waals surface area contributed by atoms with Gasteiger partial charge in [0.05, 0.1) is 24.3 Å². The molecule has 0 saturated carbocycles. The minimum absolute atomic E-state index is 0.0467. The number of carbonyl (C=O) groups is 2. The van der Waals surface area contributed by atoms with Crippen molar-refractivity contribution in [1.82, 2.24) is 0 Å². The number of hydrogen-bond acceptors (Lipinski definition) is 5. The number of rotatable bonds is 7. The molecule has 1 atom stereocenters. The van der Waals surface area contributed by atoms with Crippen LogP contribution in [-0.4, -0.2) is 37.0 Å². The lowest BCUT2D eigenvalue weighted by atomic mass is 9.93. The number of ketones is 1. The molecule has 1 amide bonds. The number of aryl methyl sites for hydroxylation is 3. The molecule has 4 rings (SSSR count). The molecule has 0 aliphatic carbocycles. The third-order valence-corrected chi connectivity index (χ3v) is 6.94. The van der Waals surface area contributed by atoms with E-state index < -0.39 is 17.7 Å². The molecule has 0 bridgehead atoms. The van der Waals surface area contributed by atoms with Gasteiger partial charge >= 0.3 is 0 Å². The second-order valence-corrected chi connectivity index (χ2v) is 9.43. The van der Waals surface area contributed by atoms with E-state index in [1.807, 2.05) is 75.4 Å². The SMILES string of the molecule is CCN(CC)c1ccc(C2/C(=C(\O)c3cc(C)cc(C)c3OC)C(=O)C(=O)N2c2cccc(C)c2)cc1. The Kier molecular flexibility index (Phi) is 7.39. The molecule has 3 aromatic carbocycles. The molecule has 0 aromatic heterocycles. The van der Waals surface area contributed by atoms with Crippen LogP contribution >= 0.6 is 0 Å². The minimum atomic E-state index is -0.793. The zero-order valence-corrected chi connectivity index (χ0v) is 22.3. The van der Waals surface area contributed by atoms with Crippen LogP contribution in [0.2, 0.25) is 0 Å². The van der Waals surface area contributed by atoms with Gasteiger partial charge in [-0.3, -0.25) is 14.5 Å². The standard InChI is InChI=1S/C31H34N2O4/c1-7-32(8-2)23-14-12-22(13-15-23)27-26(28(34)25-18-20(4)16-21(5)30(25)37-6)29(35)31(36)33(27)24-11-9-10-19(3)17-24/h9-18,27,34H,7-8H2,1-6H3/b28-26+. The Morgan fingerprint density at radius 2 is 1.62 bits per heavy atom. The third kappa shape index (κ3) is 4.71. The number of ether oxygens (including phenoxy) is 1. The molecule has 1 aliphatic heterocycles. The molecule has 1 unspecified atom stereocenters. The summed E-state index contributed by atoms with van der Waals surface area (Å²) >= 11 is 0. The Hall–Kier alpha value is -4.06. The van der Waals surface area contributed by atoms with Crippen molar-refractivity contribution in [3.63, 3.8) is 0 Å². The molecule has 1 saturated heterocycles. The van der Waals surface area contributed by atoms with Gasteiger partial charge in [0.25, 0.3) is 11.7 Å². The Bertz CT molecular complexity index is 1370. The highest BCUT2D eigenvalue weighted by Crippen LogP contribution is 2.44. The Morgan fingerprint density at radius 1 is 0.946 bits per heavy atom. The first kappa shape index (κ1) is 26.0. The number of aliphatic hydroxyl groups is 1. The maximum absolute atomic E-state index is 13.6. The van der Waals surface area contributed by atoms with Gasteiger partial charge in [0.15, 0.2) is 0 Å². The van der Waals surface area contributed by atoms with Crippen molar-refractivity contribution in [2.24, 2.45) is 0 Å². The van der Waals surface area contributed by atoms with Crippen molar-refractivity contribution in [2.45, 2.75) is 40.7 Å². The third-order valence-electron chi connectivity index (χ3n) is 6.94. The Balaban J connectivity index is 1.97. The van der Waals surface area contributed by atoms with E-state index in [2.05, 4.69) is 18.7 Å². The zero-order valence-electron chi connectivity index (χ0n) is 22.3. The normalized spacial score (nSPS) is 16.8. The first-order valence-electron chi connectivity index (χ1n) is 12.6. The van der Waals surface area contributed by atoms with E-state index in [-0.39, 0.29) is 11.3 Å². The first-order chi connectivity index (χ1) is 17.7. The van der Waals surface area contributed by atoms with E-state index in [1.165, 1.54) is 12.0 Å². The van der Waals surface area contributed by atoms with Crippen molar-refractivity contribution in [2.75, 3.05) is 30.0 Å². The monoisotopic (exact) mass is 498 g/mol. The molecule has 3 aromatic rings. The minimum Gasteiger partial charge on any atom is -0.507 e. The van der Waals surface area contributed by atoms with Gasteiger partial charge < -0.3 is 14.7 Å². The summed E-state index contributed by atoms with van der Waals surface area (Å²) in [5.74, 6) is -1.16. The van der Waals surface area contributed by atoms with Crippen molar-refractivity contribution in [3.8, 4) is 5.75 Å². The van der Waals surface area contributed by atoms with E-state index >= 15 is 0 Å². The molecular weight excluding hydrogens is 464 g/mol. The zero-order chi connectivity index (χ0) is 26.9. The van der Waals surface area contributed by atoms with E-state index in [4.69, 9.17) is 4.74 Å². The van der Waals surface area contributed by atoms with Gasteiger partial charge in [0.2, 0.25) is 0 Å². The lowest BCUT2D eigenvalue weighted by Gasteiger charge is -2.27. The quantitative estimate of drug-likeness (QED) is 0.242. The smallest absolute Gasteiger partial charge is 0.300 e. The predicted octanol–water partition coefficient (Wildman–Crippen LogP) is 6.09. The lowest BCUT2D eigenvalue weighted by Crippen LogP contribution is -2.29. The summed E-state index contributed by atoms with van der Waals surface area (Å²) in [6, 6.07) is 18.3. The van der Waals surface area contributed by atoms with Crippen LogP contribution in [0.4, 0.5) is 11.4 Å². The summed E-state index contributed by atoms with van der Waals surface area (Å²) in [7, 11) is 1.53. The van der Waals surface area contributed by atoms with Gasteiger partial charge in [-0.15, -0.1) is 0 Å². The van der Waals surface area contributed by atoms with Gasteiger partial charge in [-0.25, -0.2) is 0 Å². The van der Waals surface area contributed by atoms with E-state index in [1.54, 1.807) is 6.07 Å². The highest BCUT2D eigenvalue weighted by molar-refractivity contribution is 6.51. The number of hydrogen-bond donors (Lipinski definition) is 1. The number of methoxy groups -OCH3 is 1. The fourth-order valence-corrected chi connectivity index (χ4v) is 5.19. The van der Waals surface area contributed by atoms with E-state index in [9.17, 15) is 14.7 Å². The maximum atomic E-state index is 13.6. The molecule has 1 aliphatic rings. The highest BCUT2D eigenvalue weighted by atomic mass is 16.5. The van der Waals surface area contributed by atoms with Crippen LogP contribution < -0.4 is 14.5 Å². The predicted molar refractivity (Wildman–Crippen MR) is 148 cm³/mol. The number of nitrogens with zero attached hydrogens (tertiary/aromatic N) is 2. The van der Waals surface area contributed by atoms with Crippen molar-refractivity contribution in [1.29, 1.82) is 0 Å². The number of aliphatic hydroxyl groups excluding tert-OH is 1. The molecule has 1 fully saturated rings. The highest BCUT2D eigenvalue weighted by Gasteiger charge is 2.47. The van der Waals surface area contributed by atoms with Gasteiger partial charge in [0.1, 0.15) is 11.5 Å².